The molecule has 0 aliphatic rings. The van der Waals surface area contributed by atoms with Gasteiger partial charge in [0.2, 0.25) is 5.91 Å². The van der Waals surface area contributed by atoms with E-state index in [9.17, 15) is 4.79 Å². The molecule has 0 radical (unpaired) electrons. The molecule has 1 rings (SSSR count). The Morgan fingerprint density at radius 1 is 1.65 bits per heavy atom. The van der Waals surface area contributed by atoms with Crippen LogP contribution in [0, 0.1) is 6.92 Å². The number of thioether (sulfide) groups is 1. The quantitative estimate of drug-likeness (QED) is 0.617. The molecule has 0 aliphatic heterocycles. The second-order valence-corrected chi connectivity index (χ2v) is 6.47. The minimum atomic E-state index is -0.106. The molecule has 1 unspecified atom stereocenters. The number of aromatic nitrogens is 1. The van der Waals surface area contributed by atoms with Gasteiger partial charge in [-0.3, -0.25) is 4.79 Å². The molecule has 0 bridgehead atoms. The van der Waals surface area contributed by atoms with Crippen LogP contribution in [0.5, 0.6) is 0 Å². The summed E-state index contributed by atoms with van der Waals surface area (Å²) < 4.78 is 1.03. The molecule has 0 aliphatic carbocycles. The summed E-state index contributed by atoms with van der Waals surface area (Å²) in [5.74, 6) is 0.0785. The van der Waals surface area contributed by atoms with Gasteiger partial charge in [-0.05, 0) is 20.3 Å². The summed E-state index contributed by atoms with van der Waals surface area (Å²) >= 11 is 2.96. The van der Waals surface area contributed by atoms with Crippen LogP contribution in [0.25, 0.3) is 0 Å². The van der Waals surface area contributed by atoms with E-state index in [4.69, 9.17) is 5.73 Å². The first-order valence-corrected chi connectivity index (χ1v) is 7.41. The minimum absolute atomic E-state index is 0.0785. The fraction of sp³-hybridized carbons (Fsp3) is 0.636. The van der Waals surface area contributed by atoms with Gasteiger partial charge >= 0.3 is 0 Å². The Morgan fingerprint density at radius 2 is 2.35 bits per heavy atom. The highest BCUT2D eigenvalue weighted by Gasteiger charge is 2.16. The van der Waals surface area contributed by atoms with Crippen molar-refractivity contribution >= 4 is 34.1 Å². The first-order valence-electron chi connectivity index (χ1n) is 5.71. The molecule has 1 heterocycles. The van der Waals surface area contributed by atoms with Gasteiger partial charge in [0.15, 0.2) is 5.13 Å². The Labute approximate surface area is 110 Å². The predicted octanol–water partition coefficient (Wildman–Crippen LogP) is 2.43. The standard InChI is InChI=1S/C11H19N3OS2/c1-4-5-6-13-9(15)8(3)16-10-7(2)14-11(12)17-10/h8H,4-6H2,1-3H3,(H2,12,14)(H,13,15). The molecule has 4 nitrogen and oxygen atoms in total. The van der Waals surface area contributed by atoms with E-state index in [-0.39, 0.29) is 11.2 Å². The number of carbonyl (C=O) groups is 1. The summed E-state index contributed by atoms with van der Waals surface area (Å²) in [5.41, 5.74) is 6.53. The zero-order valence-electron chi connectivity index (χ0n) is 10.4. The summed E-state index contributed by atoms with van der Waals surface area (Å²) in [5, 5.41) is 3.38. The SMILES string of the molecule is CCCCNC(=O)C(C)Sc1sc(N)nc1C. The number of rotatable bonds is 6. The van der Waals surface area contributed by atoms with Gasteiger partial charge in [0.25, 0.3) is 0 Å². The van der Waals surface area contributed by atoms with Crippen LogP contribution in [0.2, 0.25) is 0 Å². The lowest BCUT2D eigenvalue weighted by Gasteiger charge is -2.10. The molecule has 96 valence electrons. The van der Waals surface area contributed by atoms with Crippen molar-refractivity contribution in [3.05, 3.63) is 5.69 Å². The van der Waals surface area contributed by atoms with Gasteiger partial charge in [0.1, 0.15) is 0 Å². The molecule has 0 aromatic carbocycles. The molecule has 6 heteroatoms. The lowest BCUT2D eigenvalue weighted by molar-refractivity contribution is -0.120. The molecule has 0 saturated heterocycles. The minimum Gasteiger partial charge on any atom is -0.375 e. The molecule has 0 saturated carbocycles. The Morgan fingerprint density at radius 3 is 2.88 bits per heavy atom. The number of aryl methyl sites for hydroxylation is 1. The fourth-order valence-electron chi connectivity index (χ4n) is 1.26. The van der Waals surface area contributed by atoms with Crippen LogP contribution in [-0.2, 0) is 4.79 Å². The summed E-state index contributed by atoms with van der Waals surface area (Å²) in [6, 6.07) is 0. The average molecular weight is 273 g/mol. The number of carbonyl (C=O) groups excluding carboxylic acids is 1. The molecule has 0 fully saturated rings. The molecular weight excluding hydrogens is 254 g/mol. The number of unbranched alkanes of at least 4 members (excludes halogenated alkanes) is 1. The summed E-state index contributed by atoms with van der Waals surface area (Å²) in [4.78, 5) is 15.9. The second kappa shape index (κ2) is 6.86. The number of nitrogens with two attached hydrogens (primary N) is 1. The van der Waals surface area contributed by atoms with Gasteiger partial charge in [0.05, 0.1) is 15.2 Å². The van der Waals surface area contributed by atoms with E-state index < -0.39 is 0 Å². The number of nitrogens with one attached hydrogen (secondary N) is 1. The molecule has 1 aromatic rings. The Hall–Kier alpha value is -0.750. The van der Waals surface area contributed by atoms with E-state index in [1.165, 1.54) is 23.1 Å². The number of hydrogen-bond donors (Lipinski definition) is 2. The smallest absolute Gasteiger partial charge is 0.233 e. The number of thiazole rings is 1. The molecule has 1 aromatic heterocycles. The Bertz CT molecular complexity index is 379. The lowest BCUT2D eigenvalue weighted by Crippen LogP contribution is -2.31. The first-order chi connectivity index (χ1) is 8.04. The Balaban J connectivity index is 2.45. The van der Waals surface area contributed by atoms with Gasteiger partial charge in [-0.1, -0.05) is 24.7 Å². The highest BCUT2D eigenvalue weighted by Crippen LogP contribution is 2.33. The summed E-state index contributed by atoms with van der Waals surface area (Å²) in [7, 11) is 0. The van der Waals surface area contributed by atoms with Crippen molar-refractivity contribution in [1.82, 2.24) is 10.3 Å². The number of nitrogen functional groups attached to an aromatic ring is 1. The summed E-state index contributed by atoms with van der Waals surface area (Å²) in [6.45, 7) is 6.68. The first kappa shape index (κ1) is 14.3. The number of nitrogens with zero attached hydrogens (tertiary/aromatic N) is 1. The predicted molar refractivity (Wildman–Crippen MR) is 74.5 cm³/mol. The molecule has 1 amide bonds. The van der Waals surface area contributed by atoms with Crippen LogP contribution in [0.3, 0.4) is 0 Å². The van der Waals surface area contributed by atoms with E-state index >= 15 is 0 Å². The van der Waals surface area contributed by atoms with Gasteiger partial charge in [-0.15, -0.1) is 11.8 Å². The van der Waals surface area contributed by atoms with Gasteiger partial charge in [-0.25, -0.2) is 4.98 Å². The van der Waals surface area contributed by atoms with E-state index in [2.05, 4.69) is 17.2 Å². The lowest BCUT2D eigenvalue weighted by atomic mass is 10.3. The number of hydrogen-bond acceptors (Lipinski definition) is 5. The third-order valence-electron chi connectivity index (χ3n) is 2.25. The molecule has 17 heavy (non-hydrogen) atoms. The second-order valence-electron chi connectivity index (χ2n) is 3.83. The van der Waals surface area contributed by atoms with Crippen molar-refractivity contribution < 1.29 is 4.79 Å². The maximum atomic E-state index is 11.8. The van der Waals surface area contributed by atoms with Crippen molar-refractivity contribution in [3.63, 3.8) is 0 Å². The Kier molecular flexibility index (Phi) is 5.77. The van der Waals surface area contributed by atoms with Crippen molar-refractivity contribution in [3.8, 4) is 0 Å². The van der Waals surface area contributed by atoms with Gasteiger partial charge in [-0.2, -0.15) is 0 Å². The summed E-state index contributed by atoms with van der Waals surface area (Å²) in [6.07, 6.45) is 2.11. The third kappa shape index (κ3) is 4.55. The van der Waals surface area contributed by atoms with Crippen LogP contribution in [0.15, 0.2) is 4.21 Å². The van der Waals surface area contributed by atoms with Crippen molar-refractivity contribution in [2.45, 2.75) is 43.1 Å². The van der Waals surface area contributed by atoms with E-state index in [1.807, 2.05) is 13.8 Å². The third-order valence-corrected chi connectivity index (χ3v) is 4.65. The highest BCUT2D eigenvalue weighted by molar-refractivity contribution is 8.02. The normalized spacial score (nSPS) is 12.4. The monoisotopic (exact) mass is 273 g/mol. The maximum absolute atomic E-state index is 11.8. The largest absolute Gasteiger partial charge is 0.375 e. The number of anilines is 1. The molecular formula is C11H19N3OS2. The van der Waals surface area contributed by atoms with E-state index in [0.29, 0.717) is 5.13 Å². The van der Waals surface area contributed by atoms with Crippen LogP contribution < -0.4 is 11.1 Å². The van der Waals surface area contributed by atoms with Crippen LogP contribution >= 0.6 is 23.1 Å². The molecule has 3 N–H and O–H groups in total. The van der Waals surface area contributed by atoms with Crippen LogP contribution in [0.4, 0.5) is 5.13 Å². The maximum Gasteiger partial charge on any atom is 0.233 e. The van der Waals surface area contributed by atoms with Gasteiger partial charge < -0.3 is 11.1 Å². The van der Waals surface area contributed by atoms with E-state index in [0.717, 1.165) is 29.3 Å². The van der Waals surface area contributed by atoms with Gasteiger partial charge in [0, 0.05) is 6.54 Å². The topological polar surface area (TPSA) is 68.0 Å². The molecule has 1 atom stereocenters. The van der Waals surface area contributed by atoms with Crippen LogP contribution in [0.1, 0.15) is 32.4 Å². The number of amides is 1. The zero-order chi connectivity index (χ0) is 12.8. The van der Waals surface area contributed by atoms with E-state index in [1.54, 1.807) is 0 Å². The van der Waals surface area contributed by atoms with Crippen LogP contribution in [-0.4, -0.2) is 22.7 Å². The van der Waals surface area contributed by atoms with Crippen molar-refractivity contribution in [1.29, 1.82) is 0 Å². The van der Waals surface area contributed by atoms with Crippen molar-refractivity contribution in [2.75, 3.05) is 12.3 Å². The molecule has 0 spiro atoms. The van der Waals surface area contributed by atoms with Crippen molar-refractivity contribution in [2.24, 2.45) is 0 Å². The zero-order valence-corrected chi connectivity index (χ0v) is 12.1. The average Bonchev–Trinajstić information content (AvgIpc) is 2.57. The fourth-order valence-corrected chi connectivity index (χ4v) is 3.43. The highest BCUT2D eigenvalue weighted by atomic mass is 32.2.